The standard InChI is InChI=1S/C24H28O2/c1-15-12-22-20(24(2,3)10-11-25-22)14-18(15)13-19-8-9-21(26-19)23(16-4-5-16)17-6-7-17/h8-9,12,14,16H,4-7,10-11,13H2,1-3H3. The molecule has 26 heavy (non-hydrogen) atoms. The fourth-order valence-corrected chi connectivity index (χ4v) is 4.29. The first-order valence-electron chi connectivity index (χ1n) is 10.1. The predicted molar refractivity (Wildman–Crippen MR) is 105 cm³/mol. The van der Waals surface area contributed by atoms with Crippen LogP contribution >= 0.6 is 0 Å². The number of benzene rings is 1. The van der Waals surface area contributed by atoms with Gasteiger partial charge in [-0.3, -0.25) is 0 Å². The van der Waals surface area contributed by atoms with Crippen LogP contribution in [0.1, 0.15) is 74.2 Å². The van der Waals surface area contributed by atoms with Crippen molar-refractivity contribution in [3.63, 3.8) is 0 Å². The van der Waals surface area contributed by atoms with E-state index in [2.05, 4.69) is 45.0 Å². The van der Waals surface area contributed by atoms with Gasteiger partial charge in [-0.25, -0.2) is 0 Å². The van der Waals surface area contributed by atoms with Crippen molar-refractivity contribution in [3.05, 3.63) is 58.0 Å². The molecule has 0 N–H and O–H groups in total. The Morgan fingerprint density at radius 1 is 1.15 bits per heavy atom. The molecule has 5 rings (SSSR count). The predicted octanol–water partition coefficient (Wildman–Crippen LogP) is 6.20. The fraction of sp³-hybridized carbons (Fsp3) is 0.500. The SMILES string of the molecule is Cc1cc2c(cc1Cc1ccc(C(=C3CC3)C3CC3)o1)C(C)(C)CCO2. The minimum atomic E-state index is 0.180. The highest BCUT2D eigenvalue weighted by Gasteiger charge is 2.34. The lowest BCUT2D eigenvalue weighted by Crippen LogP contribution is -2.27. The molecule has 2 fully saturated rings. The van der Waals surface area contributed by atoms with Gasteiger partial charge in [0.15, 0.2) is 0 Å². The van der Waals surface area contributed by atoms with E-state index in [1.807, 2.05) is 0 Å². The lowest BCUT2D eigenvalue weighted by atomic mass is 9.78. The van der Waals surface area contributed by atoms with Crippen LogP contribution in [0.15, 0.2) is 34.3 Å². The van der Waals surface area contributed by atoms with Crippen LogP contribution in [-0.2, 0) is 11.8 Å². The minimum Gasteiger partial charge on any atom is -0.493 e. The van der Waals surface area contributed by atoms with E-state index in [1.54, 1.807) is 5.57 Å². The summed E-state index contributed by atoms with van der Waals surface area (Å²) in [5.74, 6) is 4.05. The fourth-order valence-electron chi connectivity index (χ4n) is 4.29. The summed E-state index contributed by atoms with van der Waals surface area (Å²) in [6, 6.07) is 8.96. The molecule has 1 aromatic heterocycles. The zero-order chi connectivity index (χ0) is 17.9. The first kappa shape index (κ1) is 16.2. The van der Waals surface area contributed by atoms with Gasteiger partial charge in [0.25, 0.3) is 0 Å². The zero-order valence-corrected chi connectivity index (χ0v) is 16.2. The van der Waals surface area contributed by atoms with Gasteiger partial charge in [0.05, 0.1) is 6.61 Å². The Labute approximate surface area is 156 Å². The normalized spacial score (nSPS) is 20.5. The van der Waals surface area contributed by atoms with Gasteiger partial charge in [-0.2, -0.15) is 0 Å². The Kier molecular flexibility index (Phi) is 3.60. The van der Waals surface area contributed by atoms with Crippen LogP contribution < -0.4 is 4.74 Å². The number of hydrogen-bond donors (Lipinski definition) is 0. The number of rotatable bonds is 4. The summed E-state index contributed by atoms with van der Waals surface area (Å²) >= 11 is 0. The van der Waals surface area contributed by atoms with E-state index >= 15 is 0 Å². The van der Waals surface area contributed by atoms with Crippen LogP contribution in [0.4, 0.5) is 0 Å². The molecule has 2 heteroatoms. The molecule has 3 aliphatic rings. The second-order valence-electron chi connectivity index (χ2n) is 8.99. The van der Waals surface area contributed by atoms with Gasteiger partial charge >= 0.3 is 0 Å². The Morgan fingerprint density at radius 2 is 1.96 bits per heavy atom. The first-order chi connectivity index (χ1) is 12.5. The third-order valence-corrected chi connectivity index (χ3v) is 6.31. The van der Waals surface area contributed by atoms with Gasteiger partial charge in [0, 0.05) is 12.0 Å². The van der Waals surface area contributed by atoms with Crippen molar-refractivity contribution < 1.29 is 9.15 Å². The topological polar surface area (TPSA) is 22.4 Å². The molecule has 1 aliphatic heterocycles. The van der Waals surface area contributed by atoms with Crippen molar-refractivity contribution in [3.8, 4) is 5.75 Å². The molecule has 2 saturated carbocycles. The van der Waals surface area contributed by atoms with Crippen LogP contribution in [0.3, 0.4) is 0 Å². The maximum absolute atomic E-state index is 6.31. The zero-order valence-electron chi connectivity index (χ0n) is 16.2. The molecule has 0 saturated heterocycles. The van der Waals surface area contributed by atoms with E-state index in [0.717, 1.165) is 42.6 Å². The number of ether oxygens (including phenoxy) is 1. The first-order valence-corrected chi connectivity index (χ1v) is 10.1. The summed E-state index contributed by atoms with van der Waals surface area (Å²) < 4.78 is 12.2. The van der Waals surface area contributed by atoms with Gasteiger partial charge in [0.2, 0.25) is 0 Å². The number of hydrogen-bond acceptors (Lipinski definition) is 2. The van der Waals surface area contributed by atoms with Gasteiger partial charge in [-0.15, -0.1) is 0 Å². The maximum Gasteiger partial charge on any atom is 0.130 e. The van der Waals surface area contributed by atoms with Crippen molar-refractivity contribution in [2.45, 2.75) is 64.7 Å². The summed E-state index contributed by atoms with van der Waals surface area (Å²) in [6.07, 6.45) is 7.18. The van der Waals surface area contributed by atoms with Crippen molar-refractivity contribution in [1.29, 1.82) is 0 Å². The van der Waals surface area contributed by atoms with Crippen molar-refractivity contribution in [1.82, 2.24) is 0 Å². The second kappa shape index (κ2) is 5.77. The van der Waals surface area contributed by atoms with Crippen molar-refractivity contribution in [2.24, 2.45) is 5.92 Å². The Morgan fingerprint density at radius 3 is 2.69 bits per heavy atom. The average Bonchev–Trinajstić information content (AvgIpc) is 3.50. The molecule has 0 spiro atoms. The van der Waals surface area contributed by atoms with Gasteiger partial charge < -0.3 is 9.15 Å². The number of allylic oxidation sites excluding steroid dienone is 2. The highest BCUT2D eigenvalue weighted by atomic mass is 16.5. The Balaban J connectivity index is 1.44. The molecule has 1 aromatic carbocycles. The van der Waals surface area contributed by atoms with Crippen LogP contribution in [0.2, 0.25) is 0 Å². The molecule has 2 aromatic rings. The lowest BCUT2D eigenvalue weighted by Gasteiger charge is -2.33. The summed E-state index contributed by atoms with van der Waals surface area (Å²) in [6.45, 7) is 7.65. The smallest absolute Gasteiger partial charge is 0.130 e. The van der Waals surface area contributed by atoms with Gasteiger partial charge in [0.1, 0.15) is 17.3 Å². The van der Waals surface area contributed by atoms with E-state index in [1.165, 1.54) is 47.9 Å². The Bertz CT molecular complexity index is 887. The van der Waals surface area contributed by atoms with E-state index in [0.29, 0.717) is 0 Å². The molecule has 0 atom stereocenters. The molecular formula is C24H28O2. The maximum atomic E-state index is 6.31. The molecule has 0 bridgehead atoms. The number of aryl methyl sites for hydroxylation is 1. The van der Waals surface area contributed by atoms with E-state index in [-0.39, 0.29) is 5.41 Å². The molecule has 136 valence electrons. The molecule has 0 unspecified atom stereocenters. The van der Waals surface area contributed by atoms with Gasteiger partial charge in [-0.1, -0.05) is 25.5 Å². The molecule has 2 nitrogen and oxygen atoms in total. The summed E-state index contributed by atoms with van der Waals surface area (Å²) in [4.78, 5) is 0. The largest absolute Gasteiger partial charge is 0.493 e. The van der Waals surface area contributed by atoms with Crippen molar-refractivity contribution >= 4 is 5.57 Å². The van der Waals surface area contributed by atoms with Crippen molar-refractivity contribution in [2.75, 3.05) is 6.61 Å². The Hall–Kier alpha value is -1.96. The second-order valence-corrected chi connectivity index (χ2v) is 8.99. The summed E-state index contributed by atoms with van der Waals surface area (Å²) in [5, 5.41) is 0. The minimum absolute atomic E-state index is 0.180. The third-order valence-electron chi connectivity index (χ3n) is 6.31. The molecular weight excluding hydrogens is 320 g/mol. The highest BCUT2D eigenvalue weighted by molar-refractivity contribution is 5.71. The van der Waals surface area contributed by atoms with Crippen LogP contribution in [0.5, 0.6) is 5.75 Å². The molecule has 2 aliphatic carbocycles. The third kappa shape index (κ3) is 2.90. The molecule has 2 heterocycles. The van der Waals surface area contributed by atoms with E-state index < -0.39 is 0 Å². The van der Waals surface area contributed by atoms with E-state index in [4.69, 9.17) is 9.15 Å². The average molecular weight is 348 g/mol. The lowest BCUT2D eigenvalue weighted by molar-refractivity contribution is 0.233. The highest BCUT2D eigenvalue weighted by Crippen LogP contribution is 2.50. The monoisotopic (exact) mass is 348 g/mol. The van der Waals surface area contributed by atoms with Crippen LogP contribution in [-0.4, -0.2) is 6.61 Å². The number of furan rings is 1. The molecule has 0 amide bonds. The molecule has 0 radical (unpaired) electrons. The number of fused-ring (bicyclic) bond motifs is 1. The van der Waals surface area contributed by atoms with E-state index in [9.17, 15) is 0 Å². The van der Waals surface area contributed by atoms with Gasteiger partial charge in [-0.05, 0) is 85.3 Å². The van der Waals surface area contributed by atoms with Crippen LogP contribution in [0.25, 0.3) is 5.57 Å². The van der Waals surface area contributed by atoms with Crippen LogP contribution in [0, 0.1) is 12.8 Å². The quantitative estimate of drug-likeness (QED) is 0.656. The summed E-state index contributed by atoms with van der Waals surface area (Å²) in [5.41, 5.74) is 7.35. The summed E-state index contributed by atoms with van der Waals surface area (Å²) in [7, 11) is 0.